The Morgan fingerprint density at radius 3 is 2.47 bits per heavy atom. The van der Waals surface area contributed by atoms with Gasteiger partial charge in [0.05, 0.1) is 6.61 Å². The van der Waals surface area contributed by atoms with Gasteiger partial charge in [-0.15, -0.1) is 0 Å². The van der Waals surface area contributed by atoms with E-state index in [1.807, 2.05) is 26.1 Å². The number of ether oxygens (including phenoxy) is 1. The molecule has 0 aromatic heterocycles. The van der Waals surface area contributed by atoms with Crippen molar-refractivity contribution in [3.8, 4) is 5.75 Å². The Kier molecular flexibility index (Phi) is 4.63. The highest BCUT2D eigenvalue weighted by molar-refractivity contribution is 5.36. The van der Waals surface area contributed by atoms with Gasteiger partial charge in [-0.1, -0.05) is 32.0 Å². The fraction of sp³-hybridized carbons (Fsp3) is 0.538. The molecule has 1 atom stereocenters. The third-order valence-corrected chi connectivity index (χ3v) is 2.53. The van der Waals surface area contributed by atoms with Crippen molar-refractivity contribution in [2.75, 3.05) is 13.7 Å². The lowest BCUT2D eigenvalue weighted by Crippen LogP contribution is -2.22. The number of nitrogens with one attached hydrogen (secondary N) is 1. The Bertz CT molecular complexity index is 296. The lowest BCUT2D eigenvalue weighted by Gasteiger charge is -2.23. The second-order valence-electron chi connectivity index (χ2n) is 3.98. The van der Waals surface area contributed by atoms with Crippen molar-refractivity contribution >= 4 is 0 Å². The van der Waals surface area contributed by atoms with Crippen molar-refractivity contribution in [1.29, 1.82) is 0 Å². The molecule has 0 saturated heterocycles. The van der Waals surface area contributed by atoms with Crippen LogP contribution < -0.4 is 10.1 Å². The van der Waals surface area contributed by atoms with Crippen LogP contribution in [0, 0.1) is 5.92 Å². The minimum atomic E-state index is 0.354. The number of hydrogen-bond donors (Lipinski definition) is 1. The van der Waals surface area contributed by atoms with E-state index in [4.69, 9.17) is 4.74 Å². The van der Waals surface area contributed by atoms with Crippen LogP contribution in [0.25, 0.3) is 0 Å². The van der Waals surface area contributed by atoms with Gasteiger partial charge in [-0.3, -0.25) is 0 Å². The summed E-state index contributed by atoms with van der Waals surface area (Å²) in [7, 11) is 1.99. The minimum Gasteiger partial charge on any atom is -0.494 e. The molecule has 2 heteroatoms. The van der Waals surface area contributed by atoms with Crippen molar-refractivity contribution in [2.45, 2.75) is 26.8 Å². The number of rotatable bonds is 5. The minimum absolute atomic E-state index is 0.354. The average molecular weight is 207 g/mol. The molecule has 0 saturated carbocycles. The molecule has 1 aromatic rings. The molecule has 0 radical (unpaired) electrons. The van der Waals surface area contributed by atoms with Crippen molar-refractivity contribution in [3.05, 3.63) is 29.8 Å². The summed E-state index contributed by atoms with van der Waals surface area (Å²) in [5.41, 5.74) is 1.25. The summed E-state index contributed by atoms with van der Waals surface area (Å²) >= 11 is 0. The van der Waals surface area contributed by atoms with E-state index in [1.165, 1.54) is 5.56 Å². The molecular formula is C13H21NO. The highest BCUT2D eigenvalue weighted by atomic mass is 16.5. The van der Waals surface area contributed by atoms with E-state index in [2.05, 4.69) is 31.3 Å². The summed E-state index contributed by atoms with van der Waals surface area (Å²) in [6, 6.07) is 8.59. The third-order valence-electron chi connectivity index (χ3n) is 2.53. The molecule has 1 N–H and O–H groups in total. The maximum absolute atomic E-state index is 5.63. The molecule has 0 heterocycles. The third kappa shape index (κ3) is 2.96. The van der Waals surface area contributed by atoms with E-state index in [-0.39, 0.29) is 0 Å². The van der Waals surface area contributed by atoms with Crippen LogP contribution in [0.4, 0.5) is 0 Å². The molecule has 1 rings (SSSR count). The SMILES string of the molecule is CCOc1ccccc1C(NC)C(C)C. The fourth-order valence-corrected chi connectivity index (χ4v) is 1.87. The Labute approximate surface area is 92.6 Å². The molecular weight excluding hydrogens is 186 g/mol. The Morgan fingerprint density at radius 2 is 1.93 bits per heavy atom. The van der Waals surface area contributed by atoms with Crippen molar-refractivity contribution in [1.82, 2.24) is 5.32 Å². The maximum Gasteiger partial charge on any atom is 0.124 e. The molecule has 2 nitrogen and oxygen atoms in total. The standard InChI is InChI=1S/C13H21NO/c1-5-15-12-9-7-6-8-11(12)13(14-4)10(2)3/h6-10,13-14H,5H2,1-4H3. The Morgan fingerprint density at radius 1 is 1.27 bits per heavy atom. The zero-order valence-electron chi connectivity index (χ0n) is 10.1. The largest absolute Gasteiger partial charge is 0.494 e. The van der Waals surface area contributed by atoms with Crippen molar-refractivity contribution in [3.63, 3.8) is 0 Å². The van der Waals surface area contributed by atoms with E-state index < -0.39 is 0 Å². The number of hydrogen-bond acceptors (Lipinski definition) is 2. The first kappa shape index (κ1) is 12.1. The molecule has 0 aliphatic rings. The van der Waals surface area contributed by atoms with E-state index >= 15 is 0 Å². The lowest BCUT2D eigenvalue weighted by atomic mass is 9.95. The quantitative estimate of drug-likeness (QED) is 0.801. The van der Waals surface area contributed by atoms with Crippen LogP contribution in [-0.4, -0.2) is 13.7 Å². The van der Waals surface area contributed by atoms with Crippen LogP contribution in [0.1, 0.15) is 32.4 Å². The molecule has 84 valence electrons. The second kappa shape index (κ2) is 5.76. The van der Waals surface area contributed by atoms with E-state index in [0.29, 0.717) is 18.6 Å². The summed E-state index contributed by atoms with van der Waals surface area (Å²) in [5.74, 6) is 1.55. The maximum atomic E-state index is 5.63. The van der Waals surface area contributed by atoms with Gasteiger partial charge in [0, 0.05) is 11.6 Å². The fourth-order valence-electron chi connectivity index (χ4n) is 1.87. The highest BCUT2D eigenvalue weighted by Crippen LogP contribution is 2.29. The van der Waals surface area contributed by atoms with Crippen LogP contribution in [0.15, 0.2) is 24.3 Å². The van der Waals surface area contributed by atoms with Gasteiger partial charge < -0.3 is 10.1 Å². The van der Waals surface area contributed by atoms with Gasteiger partial charge in [-0.25, -0.2) is 0 Å². The first-order valence-corrected chi connectivity index (χ1v) is 5.59. The van der Waals surface area contributed by atoms with Crippen molar-refractivity contribution < 1.29 is 4.74 Å². The van der Waals surface area contributed by atoms with Crippen LogP contribution >= 0.6 is 0 Å². The molecule has 0 bridgehead atoms. The number of para-hydroxylation sites is 1. The lowest BCUT2D eigenvalue weighted by molar-refractivity contribution is 0.325. The van der Waals surface area contributed by atoms with E-state index in [1.54, 1.807) is 0 Å². The van der Waals surface area contributed by atoms with Crippen LogP contribution in [0.2, 0.25) is 0 Å². The van der Waals surface area contributed by atoms with Gasteiger partial charge in [0.1, 0.15) is 5.75 Å². The van der Waals surface area contributed by atoms with Gasteiger partial charge in [0.2, 0.25) is 0 Å². The monoisotopic (exact) mass is 207 g/mol. The molecule has 0 aliphatic heterocycles. The average Bonchev–Trinajstić information content (AvgIpc) is 2.21. The summed E-state index contributed by atoms with van der Waals surface area (Å²) in [6.07, 6.45) is 0. The molecule has 15 heavy (non-hydrogen) atoms. The highest BCUT2D eigenvalue weighted by Gasteiger charge is 2.17. The molecule has 0 amide bonds. The second-order valence-corrected chi connectivity index (χ2v) is 3.98. The molecule has 0 aliphatic carbocycles. The van der Waals surface area contributed by atoms with E-state index in [0.717, 1.165) is 5.75 Å². The molecule has 0 fully saturated rings. The van der Waals surface area contributed by atoms with Crippen LogP contribution in [0.5, 0.6) is 5.75 Å². The van der Waals surface area contributed by atoms with Gasteiger partial charge in [-0.05, 0) is 26.0 Å². The summed E-state index contributed by atoms with van der Waals surface area (Å²) in [6.45, 7) is 7.15. The van der Waals surface area contributed by atoms with Crippen LogP contribution in [-0.2, 0) is 0 Å². The van der Waals surface area contributed by atoms with Crippen molar-refractivity contribution in [2.24, 2.45) is 5.92 Å². The van der Waals surface area contributed by atoms with Crippen LogP contribution in [0.3, 0.4) is 0 Å². The molecule has 1 unspecified atom stereocenters. The Hall–Kier alpha value is -1.02. The summed E-state index contributed by atoms with van der Waals surface area (Å²) in [4.78, 5) is 0. The predicted molar refractivity (Wildman–Crippen MR) is 64.2 cm³/mol. The predicted octanol–water partition coefficient (Wildman–Crippen LogP) is 3.00. The van der Waals surface area contributed by atoms with Gasteiger partial charge in [0.25, 0.3) is 0 Å². The van der Waals surface area contributed by atoms with Gasteiger partial charge in [0.15, 0.2) is 0 Å². The zero-order chi connectivity index (χ0) is 11.3. The van der Waals surface area contributed by atoms with Gasteiger partial charge >= 0.3 is 0 Å². The van der Waals surface area contributed by atoms with E-state index in [9.17, 15) is 0 Å². The summed E-state index contributed by atoms with van der Waals surface area (Å²) in [5, 5.41) is 3.34. The number of benzene rings is 1. The Balaban J connectivity index is 2.99. The molecule has 1 aromatic carbocycles. The molecule has 0 spiro atoms. The first-order chi connectivity index (χ1) is 7.20. The van der Waals surface area contributed by atoms with Gasteiger partial charge in [-0.2, -0.15) is 0 Å². The zero-order valence-corrected chi connectivity index (χ0v) is 10.1. The smallest absolute Gasteiger partial charge is 0.124 e. The topological polar surface area (TPSA) is 21.3 Å². The summed E-state index contributed by atoms with van der Waals surface area (Å²) < 4.78 is 5.63. The normalized spacial score (nSPS) is 12.9. The first-order valence-electron chi connectivity index (χ1n) is 5.59.